The minimum Gasteiger partial charge on any atom is -0.493 e. The molecule has 0 fully saturated rings. The molecule has 1 heterocycles. The van der Waals surface area contributed by atoms with E-state index >= 15 is 0 Å². The summed E-state index contributed by atoms with van der Waals surface area (Å²) in [6.45, 7) is 0.235. The molecule has 3 rings (SSSR count). The molecule has 0 aliphatic carbocycles. The van der Waals surface area contributed by atoms with Gasteiger partial charge in [0.25, 0.3) is 5.91 Å². The molecule has 0 unspecified atom stereocenters. The molecule has 2 aromatic carbocycles. The second-order valence-electron chi connectivity index (χ2n) is 5.90. The van der Waals surface area contributed by atoms with Gasteiger partial charge in [0.15, 0.2) is 11.5 Å². The highest BCUT2D eigenvalue weighted by Gasteiger charge is 2.19. The number of carbonyl (C=O) groups is 1. The van der Waals surface area contributed by atoms with Crippen LogP contribution in [-0.2, 0) is 13.7 Å². The van der Waals surface area contributed by atoms with Gasteiger partial charge in [0, 0.05) is 21.1 Å². The molecule has 0 N–H and O–H groups in total. The van der Waals surface area contributed by atoms with Crippen molar-refractivity contribution >= 4 is 16.9 Å². The summed E-state index contributed by atoms with van der Waals surface area (Å²) in [5.41, 5.74) is 2.40. The van der Waals surface area contributed by atoms with Crippen molar-refractivity contribution in [1.82, 2.24) is 14.5 Å². The van der Waals surface area contributed by atoms with Crippen molar-refractivity contribution in [1.29, 1.82) is 0 Å². The third kappa shape index (κ3) is 3.15. The molecule has 130 valence electrons. The lowest BCUT2D eigenvalue weighted by atomic mass is 10.1. The summed E-state index contributed by atoms with van der Waals surface area (Å²) < 4.78 is 13.3. The summed E-state index contributed by atoms with van der Waals surface area (Å²) >= 11 is 0. The quantitative estimate of drug-likeness (QED) is 0.717. The highest BCUT2D eigenvalue weighted by Crippen LogP contribution is 2.32. The molecule has 0 saturated heterocycles. The number of aromatic nitrogens is 2. The first-order valence-corrected chi connectivity index (χ1v) is 7.94. The predicted octanol–water partition coefficient (Wildman–Crippen LogP) is 2.86. The molecule has 6 heteroatoms. The van der Waals surface area contributed by atoms with Crippen LogP contribution < -0.4 is 9.47 Å². The third-order valence-electron chi connectivity index (χ3n) is 4.06. The standard InChI is InChI=1S/C19H21N3O3/c1-21(2)19(23)13-8-7-11-16(24-4)18(13)25-12-17-20-14-9-5-6-10-15(14)22(17)3/h5-11H,12H2,1-4H3. The molecule has 6 nitrogen and oxygen atoms in total. The van der Waals surface area contributed by atoms with E-state index in [9.17, 15) is 4.79 Å². The summed E-state index contributed by atoms with van der Waals surface area (Å²) in [6, 6.07) is 13.2. The molecule has 1 amide bonds. The van der Waals surface area contributed by atoms with Crippen LogP contribution in [0.2, 0.25) is 0 Å². The zero-order chi connectivity index (χ0) is 18.0. The molecule has 0 spiro atoms. The Balaban J connectivity index is 1.94. The van der Waals surface area contributed by atoms with Crippen LogP contribution in [0.15, 0.2) is 42.5 Å². The summed E-state index contributed by atoms with van der Waals surface area (Å²) in [4.78, 5) is 18.5. The second kappa shape index (κ2) is 6.84. The van der Waals surface area contributed by atoms with Crippen LogP contribution in [0.5, 0.6) is 11.5 Å². The van der Waals surface area contributed by atoms with Gasteiger partial charge in [0.2, 0.25) is 0 Å². The Morgan fingerprint density at radius 2 is 1.92 bits per heavy atom. The van der Waals surface area contributed by atoms with Crippen LogP contribution in [0.3, 0.4) is 0 Å². The van der Waals surface area contributed by atoms with Crippen LogP contribution >= 0.6 is 0 Å². The van der Waals surface area contributed by atoms with E-state index in [0.717, 1.165) is 16.9 Å². The van der Waals surface area contributed by atoms with Crippen LogP contribution in [0.25, 0.3) is 11.0 Å². The maximum absolute atomic E-state index is 12.4. The van der Waals surface area contributed by atoms with Gasteiger partial charge in [-0.2, -0.15) is 0 Å². The van der Waals surface area contributed by atoms with Crippen LogP contribution in [-0.4, -0.2) is 41.6 Å². The Bertz CT molecular complexity index is 915. The van der Waals surface area contributed by atoms with Gasteiger partial charge in [-0.1, -0.05) is 18.2 Å². The lowest BCUT2D eigenvalue weighted by molar-refractivity contribution is 0.0821. The average Bonchev–Trinajstić information content (AvgIpc) is 2.95. The molecule has 0 atom stereocenters. The number of benzene rings is 2. The van der Waals surface area contributed by atoms with Gasteiger partial charge in [-0.3, -0.25) is 4.79 Å². The van der Waals surface area contributed by atoms with E-state index in [1.165, 1.54) is 4.90 Å². The van der Waals surface area contributed by atoms with Crippen molar-refractivity contribution in [3.05, 3.63) is 53.9 Å². The lowest BCUT2D eigenvalue weighted by Crippen LogP contribution is -2.22. The van der Waals surface area contributed by atoms with Gasteiger partial charge in [-0.25, -0.2) is 4.98 Å². The normalized spacial score (nSPS) is 10.7. The molecule has 0 saturated carbocycles. The monoisotopic (exact) mass is 339 g/mol. The van der Waals surface area contributed by atoms with Crippen molar-refractivity contribution in [2.24, 2.45) is 7.05 Å². The molecule has 3 aromatic rings. The Labute approximate surface area is 146 Å². The van der Waals surface area contributed by atoms with Crippen molar-refractivity contribution in [3.63, 3.8) is 0 Å². The average molecular weight is 339 g/mol. The maximum Gasteiger partial charge on any atom is 0.257 e. The van der Waals surface area contributed by atoms with E-state index < -0.39 is 0 Å². The van der Waals surface area contributed by atoms with Gasteiger partial charge in [0.05, 0.1) is 23.7 Å². The summed E-state index contributed by atoms with van der Waals surface area (Å²) in [7, 11) is 6.91. The lowest BCUT2D eigenvalue weighted by Gasteiger charge is -2.17. The van der Waals surface area contributed by atoms with Gasteiger partial charge in [0.1, 0.15) is 12.4 Å². The molecule has 0 aliphatic rings. The fourth-order valence-corrected chi connectivity index (χ4v) is 2.70. The predicted molar refractivity (Wildman–Crippen MR) is 96.1 cm³/mol. The summed E-state index contributed by atoms with van der Waals surface area (Å²) in [5, 5.41) is 0. The second-order valence-corrected chi connectivity index (χ2v) is 5.90. The van der Waals surface area contributed by atoms with Gasteiger partial charge < -0.3 is 18.9 Å². The number of amides is 1. The smallest absolute Gasteiger partial charge is 0.257 e. The van der Waals surface area contributed by atoms with E-state index in [2.05, 4.69) is 4.98 Å². The molecule has 0 bridgehead atoms. The SMILES string of the molecule is COc1cccc(C(=O)N(C)C)c1OCc1nc2ccccc2n1C. The minimum absolute atomic E-state index is 0.140. The number of fused-ring (bicyclic) bond motifs is 1. The number of rotatable bonds is 5. The number of carbonyl (C=O) groups excluding carboxylic acids is 1. The Morgan fingerprint density at radius 3 is 2.60 bits per heavy atom. The molecule has 0 radical (unpaired) electrons. The van der Waals surface area contributed by atoms with E-state index in [1.54, 1.807) is 39.4 Å². The van der Waals surface area contributed by atoms with E-state index in [1.807, 2.05) is 35.9 Å². The first-order valence-electron chi connectivity index (χ1n) is 7.94. The van der Waals surface area contributed by atoms with E-state index in [4.69, 9.17) is 9.47 Å². The largest absolute Gasteiger partial charge is 0.493 e. The van der Waals surface area contributed by atoms with Crippen molar-refractivity contribution in [2.45, 2.75) is 6.61 Å². The van der Waals surface area contributed by atoms with Gasteiger partial charge in [-0.05, 0) is 24.3 Å². The highest BCUT2D eigenvalue weighted by atomic mass is 16.5. The topological polar surface area (TPSA) is 56.6 Å². The van der Waals surface area contributed by atoms with Gasteiger partial charge in [-0.15, -0.1) is 0 Å². The molecular weight excluding hydrogens is 318 g/mol. The number of nitrogens with zero attached hydrogens (tertiary/aromatic N) is 3. The number of hydrogen-bond donors (Lipinski definition) is 0. The summed E-state index contributed by atoms with van der Waals surface area (Å²) in [5.74, 6) is 1.58. The Hall–Kier alpha value is -3.02. The van der Waals surface area contributed by atoms with Crippen LogP contribution in [0, 0.1) is 0 Å². The maximum atomic E-state index is 12.4. The summed E-state index contributed by atoms with van der Waals surface area (Å²) in [6.07, 6.45) is 0. The number of hydrogen-bond acceptors (Lipinski definition) is 4. The molecule has 0 aliphatic heterocycles. The zero-order valence-corrected chi connectivity index (χ0v) is 14.8. The molecule has 25 heavy (non-hydrogen) atoms. The first-order chi connectivity index (χ1) is 12.0. The third-order valence-corrected chi connectivity index (χ3v) is 4.06. The Kier molecular flexibility index (Phi) is 4.61. The van der Waals surface area contributed by atoms with Gasteiger partial charge >= 0.3 is 0 Å². The molecule has 1 aromatic heterocycles. The van der Waals surface area contributed by atoms with Crippen molar-refractivity contribution in [2.75, 3.05) is 21.2 Å². The zero-order valence-electron chi connectivity index (χ0n) is 14.8. The van der Waals surface area contributed by atoms with Crippen LogP contribution in [0.1, 0.15) is 16.2 Å². The fourth-order valence-electron chi connectivity index (χ4n) is 2.70. The first kappa shape index (κ1) is 16.8. The number of imidazole rings is 1. The number of aryl methyl sites for hydroxylation is 1. The number of ether oxygens (including phenoxy) is 2. The van der Waals surface area contributed by atoms with Crippen molar-refractivity contribution < 1.29 is 14.3 Å². The van der Waals surface area contributed by atoms with E-state index in [-0.39, 0.29) is 12.5 Å². The number of methoxy groups -OCH3 is 1. The minimum atomic E-state index is -0.140. The van der Waals surface area contributed by atoms with Crippen LogP contribution in [0.4, 0.5) is 0 Å². The Morgan fingerprint density at radius 1 is 1.16 bits per heavy atom. The molecular formula is C19H21N3O3. The number of para-hydroxylation sites is 3. The van der Waals surface area contributed by atoms with E-state index in [0.29, 0.717) is 17.1 Å². The fraction of sp³-hybridized carbons (Fsp3) is 0.263. The van der Waals surface area contributed by atoms with Crippen molar-refractivity contribution in [3.8, 4) is 11.5 Å². The highest BCUT2D eigenvalue weighted by molar-refractivity contribution is 5.97.